The van der Waals surface area contributed by atoms with E-state index in [9.17, 15) is 19.7 Å². The average molecular weight is 275 g/mol. The van der Waals surface area contributed by atoms with Gasteiger partial charge in [-0.1, -0.05) is 6.07 Å². The van der Waals surface area contributed by atoms with E-state index in [1.165, 1.54) is 23.1 Å². The van der Waals surface area contributed by atoms with E-state index in [1.807, 2.05) is 0 Å². The third kappa shape index (κ3) is 1.78. The highest BCUT2D eigenvalue weighted by atomic mass is 16.6. The van der Waals surface area contributed by atoms with Crippen LogP contribution in [-0.2, 0) is 0 Å². The number of fused-ring (bicyclic) bond motifs is 1. The third-order valence-electron chi connectivity index (χ3n) is 3.76. The lowest BCUT2D eigenvalue weighted by Gasteiger charge is -2.29. The maximum atomic E-state index is 12.4. The van der Waals surface area contributed by atoms with Crippen LogP contribution in [0.2, 0.25) is 0 Å². The SMILES string of the molecule is O=C1c2cccc([N+](=O)[O-])c2C(=O)N1[C@H]1CCCNC1. The molecule has 0 radical (unpaired) electrons. The maximum Gasteiger partial charge on any atom is 0.282 e. The van der Waals surface area contributed by atoms with Crippen LogP contribution < -0.4 is 5.32 Å². The summed E-state index contributed by atoms with van der Waals surface area (Å²) in [5, 5.41) is 14.1. The standard InChI is InChI=1S/C13H13N3O4/c17-12-9-4-1-5-10(16(19)20)11(9)13(18)15(12)8-3-2-6-14-7-8/h1,4-5,8,14H,2-3,6-7H2/t8-/m0/s1. The normalized spacial score (nSPS) is 22.0. The first-order chi connectivity index (χ1) is 9.61. The molecule has 20 heavy (non-hydrogen) atoms. The van der Waals surface area contributed by atoms with E-state index in [0.29, 0.717) is 6.54 Å². The molecule has 1 saturated heterocycles. The van der Waals surface area contributed by atoms with Crippen molar-refractivity contribution < 1.29 is 14.5 Å². The van der Waals surface area contributed by atoms with Crippen molar-refractivity contribution in [1.82, 2.24) is 10.2 Å². The number of hydrogen-bond donors (Lipinski definition) is 1. The number of nitrogens with one attached hydrogen (secondary N) is 1. The molecule has 1 N–H and O–H groups in total. The zero-order valence-electron chi connectivity index (χ0n) is 10.7. The molecule has 7 nitrogen and oxygen atoms in total. The number of nitro benzene ring substituents is 1. The number of nitro groups is 1. The molecule has 1 aromatic rings. The van der Waals surface area contributed by atoms with Crippen LogP contribution >= 0.6 is 0 Å². The van der Waals surface area contributed by atoms with E-state index in [2.05, 4.69) is 5.32 Å². The molecule has 1 atom stereocenters. The number of carbonyl (C=O) groups excluding carboxylic acids is 2. The van der Waals surface area contributed by atoms with E-state index in [1.54, 1.807) is 0 Å². The van der Waals surface area contributed by atoms with Crippen LogP contribution in [0.5, 0.6) is 0 Å². The smallest absolute Gasteiger partial charge is 0.282 e. The van der Waals surface area contributed by atoms with E-state index in [-0.39, 0.29) is 22.9 Å². The van der Waals surface area contributed by atoms with Gasteiger partial charge in [0.15, 0.2) is 0 Å². The summed E-state index contributed by atoms with van der Waals surface area (Å²) in [6.07, 6.45) is 1.60. The second kappa shape index (κ2) is 4.68. The molecule has 2 aliphatic heterocycles. The first-order valence-electron chi connectivity index (χ1n) is 6.47. The molecular formula is C13H13N3O4. The van der Waals surface area contributed by atoms with Gasteiger partial charge in [-0.05, 0) is 25.5 Å². The van der Waals surface area contributed by atoms with Crippen molar-refractivity contribution in [2.75, 3.05) is 13.1 Å². The third-order valence-corrected chi connectivity index (χ3v) is 3.76. The lowest BCUT2D eigenvalue weighted by atomic mass is 10.1. The van der Waals surface area contributed by atoms with Crippen LogP contribution in [0, 0.1) is 10.1 Å². The molecule has 0 aliphatic carbocycles. The molecular weight excluding hydrogens is 262 g/mol. The van der Waals surface area contributed by atoms with E-state index in [0.717, 1.165) is 19.4 Å². The fourth-order valence-electron chi connectivity index (χ4n) is 2.82. The summed E-state index contributed by atoms with van der Waals surface area (Å²) < 4.78 is 0. The molecule has 2 aliphatic rings. The van der Waals surface area contributed by atoms with Gasteiger partial charge in [0.2, 0.25) is 0 Å². The average Bonchev–Trinajstić information content (AvgIpc) is 2.72. The Hall–Kier alpha value is -2.28. The number of imide groups is 1. The minimum absolute atomic E-state index is 0.0759. The molecule has 1 aromatic carbocycles. The van der Waals surface area contributed by atoms with Crippen LogP contribution in [0.15, 0.2) is 18.2 Å². The van der Waals surface area contributed by atoms with Gasteiger partial charge in [0.05, 0.1) is 16.5 Å². The highest BCUT2D eigenvalue weighted by molar-refractivity contribution is 6.23. The van der Waals surface area contributed by atoms with Crippen molar-refractivity contribution in [2.45, 2.75) is 18.9 Å². The largest absolute Gasteiger partial charge is 0.315 e. The Morgan fingerprint density at radius 2 is 2.10 bits per heavy atom. The fourth-order valence-corrected chi connectivity index (χ4v) is 2.82. The number of nitrogens with zero attached hydrogens (tertiary/aromatic N) is 2. The van der Waals surface area contributed by atoms with Crippen LogP contribution in [0.4, 0.5) is 5.69 Å². The van der Waals surface area contributed by atoms with Gasteiger partial charge in [-0.3, -0.25) is 24.6 Å². The Labute approximate surface area is 114 Å². The Kier molecular flexibility index (Phi) is 2.98. The summed E-state index contributed by atoms with van der Waals surface area (Å²) in [5.41, 5.74) is -0.241. The quantitative estimate of drug-likeness (QED) is 0.492. The van der Waals surface area contributed by atoms with Gasteiger partial charge in [0, 0.05) is 12.6 Å². The Morgan fingerprint density at radius 3 is 2.75 bits per heavy atom. The molecule has 2 heterocycles. The lowest BCUT2D eigenvalue weighted by Crippen LogP contribution is -2.48. The Balaban J connectivity index is 2.03. The molecule has 7 heteroatoms. The van der Waals surface area contributed by atoms with E-state index < -0.39 is 16.7 Å². The Morgan fingerprint density at radius 1 is 1.30 bits per heavy atom. The zero-order chi connectivity index (χ0) is 14.3. The van der Waals surface area contributed by atoms with E-state index >= 15 is 0 Å². The first kappa shape index (κ1) is 12.7. The monoisotopic (exact) mass is 275 g/mol. The van der Waals surface area contributed by atoms with Crippen molar-refractivity contribution in [3.63, 3.8) is 0 Å². The van der Waals surface area contributed by atoms with Crippen LogP contribution in [0.25, 0.3) is 0 Å². The number of benzene rings is 1. The Bertz CT molecular complexity index is 608. The summed E-state index contributed by atoms with van der Waals surface area (Å²) in [6, 6.07) is 3.94. The van der Waals surface area contributed by atoms with Gasteiger partial charge < -0.3 is 5.32 Å². The summed E-state index contributed by atoms with van der Waals surface area (Å²) in [5.74, 6) is -0.978. The summed E-state index contributed by atoms with van der Waals surface area (Å²) in [4.78, 5) is 36.3. The van der Waals surface area contributed by atoms with Crippen molar-refractivity contribution in [3.05, 3.63) is 39.4 Å². The van der Waals surface area contributed by atoms with Gasteiger partial charge in [0.1, 0.15) is 5.56 Å². The molecule has 104 valence electrons. The van der Waals surface area contributed by atoms with E-state index in [4.69, 9.17) is 0 Å². The molecule has 0 spiro atoms. The van der Waals surface area contributed by atoms with Gasteiger partial charge in [0.25, 0.3) is 17.5 Å². The van der Waals surface area contributed by atoms with Crippen molar-refractivity contribution in [3.8, 4) is 0 Å². The molecule has 0 saturated carbocycles. The number of carbonyl (C=O) groups is 2. The van der Waals surface area contributed by atoms with Crippen molar-refractivity contribution >= 4 is 17.5 Å². The van der Waals surface area contributed by atoms with Crippen LogP contribution in [0.3, 0.4) is 0 Å². The number of amides is 2. The predicted octanol–water partition coefficient (Wildman–Crippen LogP) is 0.943. The lowest BCUT2D eigenvalue weighted by molar-refractivity contribution is -0.385. The second-order valence-electron chi connectivity index (χ2n) is 4.94. The number of hydrogen-bond acceptors (Lipinski definition) is 5. The molecule has 0 bridgehead atoms. The van der Waals surface area contributed by atoms with Gasteiger partial charge >= 0.3 is 0 Å². The highest BCUT2D eigenvalue weighted by Crippen LogP contribution is 2.32. The topological polar surface area (TPSA) is 92.5 Å². The van der Waals surface area contributed by atoms with Crippen molar-refractivity contribution in [1.29, 1.82) is 0 Å². The van der Waals surface area contributed by atoms with Crippen molar-refractivity contribution in [2.24, 2.45) is 0 Å². The summed E-state index contributed by atoms with van der Waals surface area (Å²) >= 11 is 0. The molecule has 0 unspecified atom stereocenters. The zero-order valence-corrected chi connectivity index (χ0v) is 10.7. The molecule has 2 amide bonds. The van der Waals surface area contributed by atoms with Gasteiger partial charge in [-0.15, -0.1) is 0 Å². The van der Waals surface area contributed by atoms with Crippen LogP contribution in [0.1, 0.15) is 33.6 Å². The first-order valence-corrected chi connectivity index (χ1v) is 6.47. The molecule has 0 aromatic heterocycles. The summed E-state index contributed by atoms with van der Waals surface area (Å²) in [6.45, 7) is 1.40. The minimum atomic E-state index is -0.618. The fraction of sp³-hybridized carbons (Fsp3) is 0.385. The number of piperidine rings is 1. The summed E-state index contributed by atoms with van der Waals surface area (Å²) in [7, 11) is 0. The second-order valence-corrected chi connectivity index (χ2v) is 4.94. The minimum Gasteiger partial charge on any atom is -0.315 e. The van der Waals surface area contributed by atoms with Gasteiger partial charge in [-0.25, -0.2) is 0 Å². The van der Waals surface area contributed by atoms with Crippen LogP contribution in [-0.4, -0.2) is 40.8 Å². The number of rotatable bonds is 2. The maximum absolute atomic E-state index is 12.4. The van der Waals surface area contributed by atoms with Gasteiger partial charge in [-0.2, -0.15) is 0 Å². The molecule has 3 rings (SSSR count). The molecule has 1 fully saturated rings. The predicted molar refractivity (Wildman–Crippen MR) is 69.5 cm³/mol. The highest BCUT2D eigenvalue weighted by Gasteiger charge is 2.44.